The molecule has 26 heavy (non-hydrogen) atoms. The number of hydrogen-bond donors (Lipinski definition) is 1. The molecule has 2 aromatic rings. The van der Waals surface area contributed by atoms with E-state index >= 15 is 0 Å². The number of nitrogens with zero attached hydrogens (tertiary/aromatic N) is 5. The first-order valence-corrected chi connectivity index (χ1v) is 10.2. The second-order valence-electron chi connectivity index (χ2n) is 6.90. The number of aliphatic hydroxyl groups excluding tert-OH is 1. The van der Waals surface area contributed by atoms with Gasteiger partial charge in [0.15, 0.2) is 10.9 Å². The molecule has 0 radical (unpaired) electrons. The van der Waals surface area contributed by atoms with Gasteiger partial charge in [-0.15, -0.1) is 0 Å². The van der Waals surface area contributed by atoms with Crippen LogP contribution in [0.1, 0.15) is 29.4 Å². The van der Waals surface area contributed by atoms with Crippen LogP contribution in [0.15, 0.2) is 30.1 Å². The number of thioether (sulfide) groups is 1. The summed E-state index contributed by atoms with van der Waals surface area (Å²) in [4.78, 5) is 27.2. The molecule has 1 aliphatic carbocycles. The minimum absolute atomic E-state index is 0.0135. The van der Waals surface area contributed by atoms with Gasteiger partial charge in [-0.05, 0) is 30.9 Å². The second kappa shape index (κ2) is 7.17. The van der Waals surface area contributed by atoms with Crippen molar-refractivity contribution >= 4 is 29.3 Å². The van der Waals surface area contributed by atoms with Crippen molar-refractivity contribution < 1.29 is 9.90 Å². The number of carbonyl (C=O) groups excluding carboxylic acids is 1. The van der Waals surface area contributed by atoms with Crippen molar-refractivity contribution in [2.45, 2.75) is 30.1 Å². The molecule has 7 nitrogen and oxygen atoms in total. The molecule has 4 rings (SSSR count). The van der Waals surface area contributed by atoms with Crippen molar-refractivity contribution in [2.24, 2.45) is 11.8 Å². The van der Waals surface area contributed by atoms with Gasteiger partial charge in [-0.3, -0.25) is 4.79 Å². The Morgan fingerprint density at radius 1 is 1.35 bits per heavy atom. The largest absolute Gasteiger partial charge is 0.391 e. The van der Waals surface area contributed by atoms with Crippen LogP contribution in [-0.2, 0) is 0 Å². The Morgan fingerprint density at radius 3 is 2.81 bits per heavy atom. The molecule has 4 atom stereocenters. The summed E-state index contributed by atoms with van der Waals surface area (Å²) in [6, 6.07) is 0.0135. The standard InChI is InChI=1S/C17H20ClN5O2S/c1-26-17-20-6-12(18)15(21-17)16(25)23-7-10-4-13(22-3-2-19-9-22)14(24)5-11(10)8-23/h2-3,6,9-11,13-14,24H,4-5,7-8H2,1H3/t10-,11+,13-,14-/m1/s1. The van der Waals surface area contributed by atoms with Crippen molar-refractivity contribution in [2.75, 3.05) is 19.3 Å². The van der Waals surface area contributed by atoms with Gasteiger partial charge < -0.3 is 14.6 Å². The van der Waals surface area contributed by atoms with Gasteiger partial charge >= 0.3 is 0 Å². The fourth-order valence-electron chi connectivity index (χ4n) is 4.11. The summed E-state index contributed by atoms with van der Waals surface area (Å²) in [6.45, 7) is 1.29. The first kappa shape index (κ1) is 17.8. The van der Waals surface area contributed by atoms with Crippen LogP contribution < -0.4 is 0 Å². The molecule has 1 saturated carbocycles. The SMILES string of the molecule is CSc1ncc(Cl)c(C(=O)N2C[C@H]3C[C@@H](n4ccnc4)[C@H](O)C[C@H]3C2)n1. The number of rotatable bonds is 3. The molecule has 1 saturated heterocycles. The van der Waals surface area contributed by atoms with Crippen molar-refractivity contribution in [3.63, 3.8) is 0 Å². The van der Waals surface area contributed by atoms with Crippen LogP contribution >= 0.6 is 23.4 Å². The van der Waals surface area contributed by atoms with E-state index in [1.165, 1.54) is 18.0 Å². The summed E-state index contributed by atoms with van der Waals surface area (Å²) in [5.74, 6) is 0.500. The lowest BCUT2D eigenvalue weighted by molar-refractivity contribution is 0.0357. The average molecular weight is 394 g/mol. The molecular weight excluding hydrogens is 374 g/mol. The molecule has 2 fully saturated rings. The Hall–Kier alpha value is -1.64. The molecule has 1 amide bonds. The maximum atomic E-state index is 12.9. The van der Waals surface area contributed by atoms with E-state index in [-0.39, 0.29) is 22.7 Å². The third-order valence-corrected chi connectivity index (χ3v) is 6.25. The number of aliphatic hydroxyl groups is 1. The van der Waals surface area contributed by atoms with E-state index in [2.05, 4.69) is 15.0 Å². The van der Waals surface area contributed by atoms with Crippen LogP contribution in [-0.4, -0.2) is 60.9 Å². The molecule has 2 aromatic heterocycles. The maximum absolute atomic E-state index is 12.9. The van der Waals surface area contributed by atoms with Crippen LogP contribution in [0.5, 0.6) is 0 Å². The topological polar surface area (TPSA) is 84.1 Å². The van der Waals surface area contributed by atoms with Crippen LogP contribution in [0, 0.1) is 11.8 Å². The fourth-order valence-corrected chi connectivity index (χ4v) is 4.62. The predicted molar refractivity (Wildman–Crippen MR) is 98.2 cm³/mol. The first-order valence-electron chi connectivity index (χ1n) is 8.58. The molecule has 0 unspecified atom stereocenters. The number of hydrogen-bond acceptors (Lipinski definition) is 6. The van der Waals surface area contributed by atoms with Gasteiger partial charge in [0.05, 0.1) is 29.7 Å². The van der Waals surface area contributed by atoms with Crippen LogP contribution in [0.4, 0.5) is 0 Å². The van der Waals surface area contributed by atoms with Crippen LogP contribution in [0.25, 0.3) is 0 Å². The van der Waals surface area contributed by atoms with E-state index < -0.39 is 6.10 Å². The zero-order valence-electron chi connectivity index (χ0n) is 14.3. The highest BCUT2D eigenvalue weighted by Gasteiger charge is 2.44. The van der Waals surface area contributed by atoms with E-state index in [0.29, 0.717) is 36.5 Å². The number of halogens is 1. The lowest BCUT2D eigenvalue weighted by Gasteiger charge is -2.35. The van der Waals surface area contributed by atoms with Crippen LogP contribution in [0.3, 0.4) is 0 Å². The lowest BCUT2D eigenvalue weighted by atomic mass is 9.77. The first-order chi connectivity index (χ1) is 12.6. The average Bonchev–Trinajstić information content (AvgIpc) is 3.30. The molecule has 3 heterocycles. The number of aromatic nitrogens is 4. The molecule has 1 aliphatic heterocycles. The third kappa shape index (κ3) is 3.21. The van der Waals surface area contributed by atoms with Gasteiger partial charge in [-0.25, -0.2) is 15.0 Å². The van der Waals surface area contributed by atoms with Gasteiger partial charge in [0, 0.05) is 25.5 Å². The molecule has 0 spiro atoms. The fraction of sp³-hybridized carbons (Fsp3) is 0.529. The minimum Gasteiger partial charge on any atom is -0.391 e. The van der Waals surface area contributed by atoms with E-state index in [9.17, 15) is 9.90 Å². The quantitative estimate of drug-likeness (QED) is 0.635. The van der Waals surface area contributed by atoms with Crippen molar-refractivity contribution in [1.29, 1.82) is 0 Å². The Morgan fingerprint density at radius 2 is 2.12 bits per heavy atom. The normalized spacial score (nSPS) is 28.2. The summed E-state index contributed by atoms with van der Waals surface area (Å²) in [5, 5.41) is 11.4. The summed E-state index contributed by atoms with van der Waals surface area (Å²) in [5.41, 5.74) is 0.261. The zero-order chi connectivity index (χ0) is 18.3. The van der Waals surface area contributed by atoms with Gasteiger partial charge in [-0.2, -0.15) is 0 Å². The molecule has 9 heteroatoms. The van der Waals surface area contributed by atoms with Crippen LogP contribution in [0.2, 0.25) is 5.02 Å². The zero-order valence-corrected chi connectivity index (χ0v) is 15.9. The summed E-state index contributed by atoms with van der Waals surface area (Å²) >= 11 is 7.54. The Balaban J connectivity index is 1.51. The third-order valence-electron chi connectivity index (χ3n) is 5.41. The minimum atomic E-state index is -0.425. The Bertz CT molecular complexity index is 802. The predicted octanol–water partition coefficient (Wildman–Crippen LogP) is 2.13. The summed E-state index contributed by atoms with van der Waals surface area (Å²) < 4.78 is 1.97. The number of carbonyl (C=O) groups is 1. The summed E-state index contributed by atoms with van der Waals surface area (Å²) in [7, 11) is 0. The second-order valence-corrected chi connectivity index (χ2v) is 8.08. The molecule has 0 bridgehead atoms. The van der Waals surface area contributed by atoms with Crippen molar-refractivity contribution in [3.05, 3.63) is 35.6 Å². The molecule has 0 aromatic carbocycles. The monoisotopic (exact) mass is 393 g/mol. The smallest absolute Gasteiger partial charge is 0.274 e. The Kier molecular flexibility index (Phi) is 4.90. The number of likely N-dealkylation sites (tertiary alicyclic amines) is 1. The number of amides is 1. The van der Waals surface area contributed by atoms with Gasteiger partial charge in [0.2, 0.25) is 0 Å². The lowest BCUT2D eigenvalue weighted by Crippen LogP contribution is -2.35. The molecule has 1 N–H and O–H groups in total. The maximum Gasteiger partial charge on any atom is 0.274 e. The number of imidazole rings is 1. The van der Waals surface area contributed by atoms with E-state index in [1.807, 2.05) is 21.9 Å². The molecule has 138 valence electrons. The summed E-state index contributed by atoms with van der Waals surface area (Å²) in [6.07, 6.45) is 9.79. The highest BCUT2D eigenvalue weighted by molar-refractivity contribution is 7.98. The number of fused-ring (bicyclic) bond motifs is 1. The van der Waals surface area contributed by atoms with E-state index in [0.717, 1.165) is 6.42 Å². The van der Waals surface area contributed by atoms with Crippen molar-refractivity contribution in [3.8, 4) is 0 Å². The Labute approximate surface area is 160 Å². The van der Waals surface area contributed by atoms with Gasteiger partial charge in [0.25, 0.3) is 5.91 Å². The van der Waals surface area contributed by atoms with E-state index in [1.54, 1.807) is 12.5 Å². The molecule has 2 aliphatic rings. The highest BCUT2D eigenvalue weighted by Crippen LogP contribution is 2.41. The van der Waals surface area contributed by atoms with Gasteiger partial charge in [-0.1, -0.05) is 23.4 Å². The molecular formula is C17H20ClN5O2S. The van der Waals surface area contributed by atoms with Gasteiger partial charge in [0.1, 0.15) is 0 Å². The van der Waals surface area contributed by atoms with Crippen molar-refractivity contribution in [1.82, 2.24) is 24.4 Å². The van der Waals surface area contributed by atoms with E-state index in [4.69, 9.17) is 11.6 Å². The highest BCUT2D eigenvalue weighted by atomic mass is 35.5.